The predicted molar refractivity (Wildman–Crippen MR) is 67.0 cm³/mol. The fraction of sp³-hybridized carbons (Fsp3) is 0.357. The lowest BCUT2D eigenvalue weighted by Gasteiger charge is -2.34. The summed E-state index contributed by atoms with van der Waals surface area (Å²) in [6, 6.07) is 6.80. The van der Waals surface area contributed by atoms with Crippen LogP contribution in [-0.4, -0.2) is 28.7 Å². The van der Waals surface area contributed by atoms with E-state index < -0.39 is 6.04 Å². The molecule has 2 aliphatic heterocycles. The maximum atomic E-state index is 12.3. The molecule has 98 valence electrons. The number of nitrogens with one attached hydrogen (secondary N) is 1. The van der Waals surface area contributed by atoms with Gasteiger partial charge >= 0.3 is 0 Å². The molecule has 1 aromatic rings. The van der Waals surface area contributed by atoms with Gasteiger partial charge < -0.3 is 4.90 Å². The lowest BCUT2D eigenvalue weighted by molar-refractivity contribution is -0.139. The van der Waals surface area contributed by atoms with Crippen LogP contribution in [0, 0.1) is 5.92 Å². The maximum absolute atomic E-state index is 12.3. The topological polar surface area (TPSA) is 66.5 Å². The quantitative estimate of drug-likeness (QED) is 0.754. The average Bonchev–Trinajstić information content (AvgIpc) is 2.66. The van der Waals surface area contributed by atoms with Crippen LogP contribution in [0.3, 0.4) is 0 Å². The van der Waals surface area contributed by atoms with Gasteiger partial charge in [-0.25, -0.2) is 0 Å². The fourth-order valence-corrected chi connectivity index (χ4v) is 2.88. The molecular formula is C14H14N2O3. The van der Waals surface area contributed by atoms with Crippen LogP contribution >= 0.6 is 0 Å². The summed E-state index contributed by atoms with van der Waals surface area (Å²) in [6.07, 6.45) is 0.274. The Balaban J connectivity index is 1.91. The summed E-state index contributed by atoms with van der Waals surface area (Å²) >= 11 is 0. The van der Waals surface area contributed by atoms with E-state index >= 15 is 0 Å². The van der Waals surface area contributed by atoms with Crippen molar-refractivity contribution in [3.8, 4) is 0 Å². The van der Waals surface area contributed by atoms with Crippen LogP contribution in [0.15, 0.2) is 24.3 Å². The van der Waals surface area contributed by atoms with Crippen molar-refractivity contribution in [1.82, 2.24) is 10.2 Å². The molecule has 0 radical (unpaired) electrons. The van der Waals surface area contributed by atoms with E-state index in [1.165, 1.54) is 0 Å². The van der Waals surface area contributed by atoms with E-state index in [0.29, 0.717) is 12.1 Å². The van der Waals surface area contributed by atoms with Gasteiger partial charge in [0.25, 0.3) is 5.91 Å². The Hall–Kier alpha value is -2.17. The van der Waals surface area contributed by atoms with Gasteiger partial charge in [-0.15, -0.1) is 0 Å². The predicted octanol–water partition coefficient (Wildman–Crippen LogP) is 0.694. The van der Waals surface area contributed by atoms with Crippen molar-refractivity contribution >= 4 is 17.7 Å². The van der Waals surface area contributed by atoms with Gasteiger partial charge in [-0.3, -0.25) is 19.7 Å². The number of imide groups is 1. The molecule has 0 bridgehead atoms. The van der Waals surface area contributed by atoms with E-state index in [1.54, 1.807) is 11.0 Å². The van der Waals surface area contributed by atoms with Crippen LogP contribution in [0.1, 0.15) is 29.3 Å². The number of amides is 3. The Bertz CT molecular complexity index is 582. The zero-order valence-electron chi connectivity index (χ0n) is 10.6. The Morgan fingerprint density at radius 3 is 2.63 bits per heavy atom. The molecule has 3 amide bonds. The first-order valence-corrected chi connectivity index (χ1v) is 6.30. The summed E-state index contributed by atoms with van der Waals surface area (Å²) in [5, 5.41) is 2.31. The molecule has 0 aliphatic carbocycles. The molecule has 0 aromatic heterocycles. The molecule has 2 heterocycles. The largest absolute Gasteiger partial charge is 0.322 e. The van der Waals surface area contributed by atoms with Gasteiger partial charge in [0.05, 0.1) is 0 Å². The van der Waals surface area contributed by atoms with Gasteiger partial charge in [0.1, 0.15) is 6.04 Å². The van der Waals surface area contributed by atoms with Crippen molar-refractivity contribution in [1.29, 1.82) is 0 Å². The zero-order valence-corrected chi connectivity index (χ0v) is 10.6. The Labute approximate surface area is 110 Å². The van der Waals surface area contributed by atoms with Crippen molar-refractivity contribution in [2.45, 2.75) is 25.9 Å². The van der Waals surface area contributed by atoms with Crippen LogP contribution in [-0.2, 0) is 16.1 Å². The molecule has 2 atom stereocenters. The lowest BCUT2D eigenvalue weighted by atomic mass is 9.92. The van der Waals surface area contributed by atoms with Gasteiger partial charge in [0, 0.05) is 18.5 Å². The molecule has 3 rings (SSSR count). The van der Waals surface area contributed by atoms with E-state index in [-0.39, 0.29) is 30.1 Å². The first-order valence-electron chi connectivity index (χ1n) is 6.30. The number of piperidine rings is 1. The van der Waals surface area contributed by atoms with Crippen molar-refractivity contribution in [3.05, 3.63) is 35.4 Å². The summed E-state index contributed by atoms with van der Waals surface area (Å²) in [6.45, 7) is 2.27. The number of rotatable bonds is 1. The SMILES string of the molecule is C[C@@H]1CC(=O)NC(=O)[C@@H]1N1Cc2ccccc2C1=O. The minimum absolute atomic E-state index is 0.128. The minimum atomic E-state index is -0.558. The molecule has 5 heteroatoms. The molecule has 1 aromatic carbocycles. The molecule has 2 aliphatic rings. The number of hydrogen-bond acceptors (Lipinski definition) is 3. The molecule has 0 unspecified atom stereocenters. The maximum Gasteiger partial charge on any atom is 0.255 e. The van der Waals surface area contributed by atoms with Crippen molar-refractivity contribution in [2.75, 3.05) is 0 Å². The first-order chi connectivity index (χ1) is 9.08. The van der Waals surface area contributed by atoms with E-state index in [1.807, 2.05) is 25.1 Å². The smallest absolute Gasteiger partial charge is 0.255 e. The number of fused-ring (bicyclic) bond motifs is 1. The van der Waals surface area contributed by atoms with Crippen LogP contribution in [0.2, 0.25) is 0 Å². The molecule has 0 saturated carbocycles. The third kappa shape index (κ3) is 1.82. The summed E-state index contributed by atoms with van der Waals surface area (Å²) in [7, 11) is 0. The second-order valence-corrected chi connectivity index (χ2v) is 5.13. The van der Waals surface area contributed by atoms with E-state index in [9.17, 15) is 14.4 Å². The van der Waals surface area contributed by atoms with Gasteiger partial charge in [0.2, 0.25) is 11.8 Å². The fourth-order valence-electron chi connectivity index (χ4n) is 2.88. The normalized spacial score (nSPS) is 26.4. The van der Waals surface area contributed by atoms with Crippen LogP contribution < -0.4 is 5.32 Å². The molecule has 1 fully saturated rings. The summed E-state index contributed by atoms with van der Waals surface area (Å²) in [4.78, 5) is 37.2. The number of benzene rings is 1. The Morgan fingerprint density at radius 1 is 1.21 bits per heavy atom. The molecular weight excluding hydrogens is 244 g/mol. The summed E-state index contributed by atoms with van der Waals surface area (Å²) in [5.74, 6) is -0.917. The summed E-state index contributed by atoms with van der Waals surface area (Å²) in [5.41, 5.74) is 1.59. The van der Waals surface area contributed by atoms with E-state index in [0.717, 1.165) is 5.56 Å². The third-order valence-corrected chi connectivity index (χ3v) is 3.76. The lowest BCUT2D eigenvalue weighted by Crippen LogP contribution is -2.56. The highest BCUT2D eigenvalue weighted by atomic mass is 16.2. The standard InChI is InChI=1S/C14H14N2O3/c1-8-6-11(17)15-13(18)12(8)16-7-9-4-2-3-5-10(9)14(16)19/h2-5,8,12H,6-7H2,1H3,(H,15,17,18)/t8-,12-/m1/s1. The number of carbonyl (C=O) groups is 3. The molecule has 0 spiro atoms. The van der Waals surface area contributed by atoms with E-state index in [2.05, 4.69) is 5.32 Å². The second kappa shape index (κ2) is 4.19. The van der Waals surface area contributed by atoms with Crippen LogP contribution in [0.5, 0.6) is 0 Å². The van der Waals surface area contributed by atoms with Crippen molar-refractivity contribution < 1.29 is 14.4 Å². The highest BCUT2D eigenvalue weighted by Crippen LogP contribution is 2.29. The van der Waals surface area contributed by atoms with Gasteiger partial charge in [-0.05, 0) is 17.5 Å². The summed E-state index contributed by atoms with van der Waals surface area (Å²) < 4.78 is 0. The molecule has 1 N–H and O–H groups in total. The molecule has 19 heavy (non-hydrogen) atoms. The van der Waals surface area contributed by atoms with Gasteiger partial charge in [-0.1, -0.05) is 25.1 Å². The number of hydrogen-bond donors (Lipinski definition) is 1. The van der Waals surface area contributed by atoms with Crippen LogP contribution in [0.4, 0.5) is 0 Å². The van der Waals surface area contributed by atoms with Crippen LogP contribution in [0.25, 0.3) is 0 Å². The third-order valence-electron chi connectivity index (χ3n) is 3.76. The zero-order chi connectivity index (χ0) is 13.6. The Morgan fingerprint density at radius 2 is 1.95 bits per heavy atom. The first kappa shape index (κ1) is 11.9. The monoisotopic (exact) mass is 258 g/mol. The average molecular weight is 258 g/mol. The van der Waals surface area contributed by atoms with Gasteiger partial charge in [0.15, 0.2) is 0 Å². The highest BCUT2D eigenvalue weighted by molar-refractivity contribution is 6.05. The van der Waals surface area contributed by atoms with Gasteiger partial charge in [-0.2, -0.15) is 0 Å². The molecule has 5 nitrogen and oxygen atoms in total. The molecule has 1 saturated heterocycles. The number of nitrogens with zero attached hydrogens (tertiary/aromatic N) is 1. The van der Waals surface area contributed by atoms with Crippen molar-refractivity contribution in [3.63, 3.8) is 0 Å². The minimum Gasteiger partial charge on any atom is -0.322 e. The Kier molecular flexibility index (Phi) is 2.62. The highest BCUT2D eigenvalue weighted by Gasteiger charge is 2.42. The second-order valence-electron chi connectivity index (χ2n) is 5.13. The number of carbonyl (C=O) groups excluding carboxylic acids is 3. The van der Waals surface area contributed by atoms with E-state index in [4.69, 9.17) is 0 Å². The van der Waals surface area contributed by atoms with Crippen molar-refractivity contribution in [2.24, 2.45) is 5.92 Å².